The van der Waals surface area contributed by atoms with Crippen LogP contribution in [0.4, 0.5) is 0 Å². The third kappa shape index (κ3) is 2.11. The molecule has 0 amide bonds. The number of rotatable bonds is 3. The van der Waals surface area contributed by atoms with Crippen LogP contribution in [0.15, 0.2) is 22.8 Å². The number of aryl methyl sites for hydroxylation is 1. The molecule has 1 aromatic carbocycles. The minimum Gasteiger partial charge on any atom is -0.481 e. The average Bonchev–Trinajstić information content (AvgIpc) is 2.83. The Balaban J connectivity index is 2.14. The predicted octanol–water partition coefficient (Wildman–Crippen LogP) is 3.25. The Morgan fingerprint density at radius 1 is 1.53 bits per heavy atom. The van der Waals surface area contributed by atoms with E-state index in [1.165, 1.54) is 0 Å². The number of hydrogen-bond acceptors (Lipinski definition) is 2. The maximum absolute atomic E-state index is 10.6. The summed E-state index contributed by atoms with van der Waals surface area (Å²) in [5, 5.41) is 9.36. The lowest BCUT2D eigenvalue weighted by Gasteiger charge is -1.97. The van der Waals surface area contributed by atoms with E-state index >= 15 is 0 Å². The Hall–Kier alpha value is -1.53. The van der Waals surface area contributed by atoms with Gasteiger partial charge in [0.05, 0.1) is 17.5 Å². The van der Waals surface area contributed by atoms with Gasteiger partial charge in [-0.1, -0.05) is 11.6 Å². The monoisotopic (exact) mass is 341 g/mol. The van der Waals surface area contributed by atoms with E-state index in [0.717, 1.165) is 21.3 Å². The van der Waals surface area contributed by atoms with Crippen molar-refractivity contribution >= 4 is 50.3 Å². The number of nitrogens with zero attached hydrogens (tertiary/aromatic N) is 2. The summed E-state index contributed by atoms with van der Waals surface area (Å²) >= 11 is 9.42. The number of aromatic nitrogens is 3. The van der Waals surface area contributed by atoms with E-state index in [9.17, 15) is 4.79 Å². The number of aromatic amines is 1. The van der Waals surface area contributed by atoms with Crippen LogP contribution in [0.25, 0.3) is 16.8 Å². The first-order chi connectivity index (χ1) is 9.06. The van der Waals surface area contributed by atoms with E-state index in [4.69, 9.17) is 16.7 Å². The van der Waals surface area contributed by atoms with Crippen LogP contribution in [0.5, 0.6) is 0 Å². The molecule has 0 radical (unpaired) electrons. The van der Waals surface area contributed by atoms with E-state index in [1.54, 1.807) is 12.1 Å². The SMILES string of the molecule is O=C(O)CCc1[nH]c2nc3cc(Cl)ccc3n2c1Br. The molecule has 0 aliphatic heterocycles. The van der Waals surface area contributed by atoms with Crippen molar-refractivity contribution < 1.29 is 9.90 Å². The molecule has 98 valence electrons. The van der Waals surface area contributed by atoms with Crippen molar-refractivity contribution in [2.45, 2.75) is 12.8 Å². The lowest BCUT2D eigenvalue weighted by Crippen LogP contribution is -1.98. The fourth-order valence-corrected chi connectivity index (χ4v) is 2.88. The standard InChI is InChI=1S/C12H9BrClN3O2/c13-11-7(2-4-10(18)19)15-12-16-8-5-6(14)1-3-9(8)17(11)12/h1,3,5H,2,4H2,(H,15,16)(H,18,19). The minimum atomic E-state index is -0.823. The molecule has 2 heterocycles. The lowest BCUT2D eigenvalue weighted by atomic mass is 10.2. The Labute approximate surface area is 121 Å². The van der Waals surface area contributed by atoms with Gasteiger partial charge in [-0.3, -0.25) is 9.20 Å². The Bertz CT molecular complexity index is 793. The van der Waals surface area contributed by atoms with Gasteiger partial charge in [-0.2, -0.15) is 0 Å². The number of hydrogen-bond donors (Lipinski definition) is 2. The number of aliphatic carboxylic acids is 1. The fraction of sp³-hybridized carbons (Fsp3) is 0.167. The van der Waals surface area contributed by atoms with E-state index in [1.807, 2.05) is 10.5 Å². The second-order valence-corrected chi connectivity index (χ2v) is 5.38. The highest BCUT2D eigenvalue weighted by Crippen LogP contribution is 2.27. The topological polar surface area (TPSA) is 70.4 Å². The predicted molar refractivity (Wildman–Crippen MR) is 75.7 cm³/mol. The van der Waals surface area contributed by atoms with Gasteiger partial charge < -0.3 is 10.1 Å². The highest BCUT2D eigenvalue weighted by molar-refractivity contribution is 9.10. The van der Waals surface area contributed by atoms with Crippen molar-refractivity contribution in [3.05, 3.63) is 33.5 Å². The Kier molecular flexibility index (Phi) is 2.99. The number of benzene rings is 1. The molecule has 0 aliphatic rings. The summed E-state index contributed by atoms with van der Waals surface area (Å²) in [7, 11) is 0. The van der Waals surface area contributed by atoms with Crippen LogP contribution in [0, 0.1) is 0 Å². The van der Waals surface area contributed by atoms with E-state index in [0.29, 0.717) is 17.2 Å². The van der Waals surface area contributed by atoms with Crippen molar-refractivity contribution in [2.75, 3.05) is 0 Å². The summed E-state index contributed by atoms with van der Waals surface area (Å²) in [6.45, 7) is 0. The molecule has 3 aromatic rings. The van der Waals surface area contributed by atoms with Gasteiger partial charge in [0.15, 0.2) is 0 Å². The number of fused-ring (bicyclic) bond motifs is 3. The number of halogens is 2. The maximum atomic E-state index is 10.6. The zero-order chi connectivity index (χ0) is 13.6. The zero-order valence-electron chi connectivity index (χ0n) is 9.65. The van der Waals surface area contributed by atoms with Crippen LogP contribution in [-0.4, -0.2) is 25.4 Å². The molecule has 19 heavy (non-hydrogen) atoms. The van der Waals surface area contributed by atoms with Gasteiger partial charge >= 0.3 is 5.97 Å². The number of nitrogens with one attached hydrogen (secondary N) is 1. The molecular formula is C12H9BrClN3O2. The third-order valence-electron chi connectivity index (χ3n) is 2.91. The molecule has 0 unspecified atom stereocenters. The molecule has 2 N–H and O–H groups in total. The highest BCUT2D eigenvalue weighted by Gasteiger charge is 2.14. The van der Waals surface area contributed by atoms with Crippen LogP contribution in [0.2, 0.25) is 5.02 Å². The van der Waals surface area contributed by atoms with Crippen LogP contribution >= 0.6 is 27.5 Å². The van der Waals surface area contributed by atoms with Crippen molar-refractivity contribution in [2.24, 2.45) is 0 Å². The van der Waals surface area contributed by atoms with Crippen LogP contribution in [-0.2, 0) is 11.2 Å². The van der Waals surface area contributed by atoms with Gasteiger partial charge in [-0.15, -0.1) is 0 Å². The molecule has 0 aliphatic carbocycles. The quantitative estimate of drug-likeness (QED) is 0.767. The van der Waals surface area contributed by atoms with Gasteiger partial charge in [-0.05, 0) is 34.1 Å². The maximum Gasteiger partial charge on any atom is 0.303 e. The largest absolute Gasteiger partial charge is 0.481 e. The summed E-state index contributed by atoms with van der Waals surface area (Å²) in [5.41, 5.74) is 2.54. The van der Waals surface area contributed by atoms with E-state index in [-0.39, 0.29) is 6.42 Å². The zero-order valence-corrected chi connectivity index (χ0v) is 12.0. The molecule has 0 saturated heterocycles. The summed E-state index contributed by atoms with van der Waals surface area (Å²) in [5.74, 6) is -0.152. The van der Waals surface area contributed by atoms with E-state index < -0.39 is 5.97 Å². The average molecular weight is 343 g/mol. The summed E-state index contributed by atoms with van der Waals surface area (Å²) in [6, 6.07) is 5.48. The smallest absolute Gasteiger partial charge is 0.303 e. The summed E-state index contributed by atoms with van der Waals surface area (Å²) < 4.78 is 2.71. The molecule has 0 atom stereocenters. The Morgan fingerprint density at radius 2 is 2.32 bits per heavy atom. The third-order valence-corrected chi connectivity index (χ3v) is 3.98. The van der Waals surface area contributed by atoms with Gasteiger partial charge in [0, 0.05) is 17.1 Å². The van der Waals surface area contributed by atoms with Crippen molar-refractivity contribution in [1.82, 2.24) is 14.4 Å². The summed E-state index contributed by atoms with van der Waals surface area (Å²) in [4.78, 5) is 18.2. The second kappa shape index (κ2) is 4.54. The number of carboxylic acid groups (broad SMARTS) is 1. The first-order valence-corrected chi connectivity index (χ1v) is 6.79. The van der Waals surface area contributed by atoms with Gasteiger partial charge in [-0.25, -0.2) is 4.98 Å². The van der Waals surface area contributed by atoms with Gasteiger partial charge in [0.1, 0.15) is 4.60 Å². The number of imidazole rings is 2. The van der Waals surface area contributed by atoms with Crippen LogP contribution in [0.3, 0.4) is 0 Å². The van der Waals surface area contributed by atoms with Crippen LogP contribution in [0.1, 0.15) is 12.1 Å². The first kappa shape index (κ1) is 12.5. The number of carbonyl (C=O) groups is 1. The Morgan fingerprint density at radius 3 is 3.05 bits per heavy atom. The number of H-pyrrole nitrogens is 1. The molecular weight excluding hydrogens is 334 g/mol. The molecule has 0 spiro atoms. The summed E-state index contributed by atoms with van der Waals surface area (Å²) in [6.07, 6.45) is 0.500. The van der Waals surface area contributed by atoms with Crippen molar-refractivity contribution in [3.8, 4) is 0 Å². The molecule has 3 rings (SSSR count). The normalized spacial score (nSPS) is 11.5. The molecule has 0 fully saturated rings. The molecule has 2 aromatic heterocycles. The minimum absolute atomic E-state index is 0.0754. The van der Waals surface area contributed by atoms with Gasteiger partial charge in [0.2, 0.25) is 5.78 Å². The van der Waals surface area contributed by atoms with E-state index in [2.05, 4.69) is 25.9 Å². The van der Waals surface area contributed by atoms with Crippen molar-refractivity contribution in [3.63, 3.8) is 0 Å². The molecule has 0 saturated carbocycles. The molecule has 0 bridgehead atoms. The molecule has 5 nitrogen and oxygen atoms in total. The first-order valence-electron chi connectivity index (χ1n) is 5.62. The fourth-order valence-electron chi connectivity index (χ4n) is 2.06. The second-order valence-electron chi connectivity index (χ2n) is 4.19. The number of carboxylic acids is 1. The van der Waals surface area contributed by atoms with Crippen LogP contribution < -0.4 is 0 Å². The van der Waals surface area contributed by atoms with Crippen molar-refractivity contribution in [1.29, 1.82) is 0 Å². The highest BCUT2D eigenvalue weighted by atomic mass is 79.9. The molecule has 7 heteroatoms. The lowest BCUT2D eigenvalue weighted by molar-refractivity contribution is -0.136. The van der Waals surface area contributed by atoms with Gasteiger partial charge in [0.25, 0.3) is 0 Å².